The number of nitriles is 1. The van der Waals surface area contributed by atoms with Gasteiger partial charge in [0.25, 0.3) is 0 Å². The van der Waals surface area contributed by atoms with Crippen LogP contribution in [0.2, 0.25) is 0 Å². The van der Waals surface area contributed by atoms with E-state index in [0.29, 0.717) is 27.4 Å². The summed E-state index contributed by atoms with van der Waals surface area (Å²) in [4.78, 5) is 16.7. The highest BCUT2D eigenvalue weighted by Gasteiger charge is 2.13. The van der Waals surface area contributed by atoms with E-state index < -0.39 is 5.63 Å². The van der Waals surface area contributed by atoms with E-state index in [1.165, 1.54) is 11.3 Å². The number of benzene rings is 2. The van der Waals surface area contributed by atoms with Crippen molar-refractivity contribution in [1.82, 2.24) is 4.98 Å². The Labute approximate surface area is 164 Å². The van der Waals surface area contributed by atoms with Crippen LogP contribution in [0, 0.1) is 11.3 Å². The zero-order chi connectivity index (χ0) is 19.5. The average molecular weight is 386 g/mol. The predicted molar refractivity (Wildman–Crippen MR) is 110 cm³/mol. The van der Waals surface area contributed by atoms with Gasteiger partial charge in [-0.2, -0.15) is 5.26 Å². The van der Waals surface area contributed by atoms with E-state index in [4.69, 9.17) is 9.15 Å². The molecule has 0 spiro atoms. The molecule has 0 radical (unpaired) electrons. The fourth-order valence-electron chi connectivity index (χ4n) is 2.78. The molecule has 0 bridgehead atoms. The smallest absolute Gasteiger partial charge is 0.344 e. The van der Waals surface area contributed by atoms with Gasteiger partial charge in [-0.25, -0.2) is 9.78 Å². The van der Waals surface area contributed by atoms with Gasteiger partial charge in [-0.05, 0) is 41.3 Å². The third-order valence-electron chi connectivity index (χ3n) is 4.20. The summed E-state index contributed by atoms with van der Waals surface area (Å²) < 4.78 is 10.6. The number of fused-ring (bicyclic) bond motifs is 1. The SMILES string of the molecule is COc1ccc(C=C(C#N)c2nc(-c3cc4ccccc4c(=O)o3)cs2)cc1. The first-order valence-corrected chi connectivity index (χ1v) is 9.31. The molecule has 2 aromatic carbocycles. The number of hydrogen-bond acceptors (Lipinski definition) is 6. The van der Waals surface area contributed by atoms with Crippen LogP contribution in [0.1, 0.15) is 10.6 Å². The van der Waals surface area contributed by atoms with Crippen molar-refractivity contribution < 1.29 is 9.15 Å². The molecule has 6 heteroatoms. The maximum atomic E-state index is 12.2. The summed E-state index contributed by atoms with van der Waals surface area (Å²) in [6.07, 6.45) is 1.76. The van der Waals surface area contributed by atoms with Crippen LogP contribution < -0.4 is 10.4 Å². The lowest BCUT2D eigenvalue weighted by Gasteiger charge is -2.00. The van der Waals surface area contributed by atoms with Gasteiger partial charge in [0.2, 0.25) is 0 Å². The van der Waals surface area contributed by atoms with Crippen molar-refractivity contribution in [2.24, 2.45) is 0 Å². The number of thiazole rings is 1. The molecule has 5 nitrogen and oxygen atoms in total. The van der Waals surface area contributed by atoms with Crippen LogP contribution in [-0.2, 0) is 0 Å². The molecule has 0 atom stereocenters. The number of ether oxygens (including phenoxy) is 1. The molecule has 4 rings (SSSR count). The van der Waals surface area contributed by atoms with E-state index in [2.05, 4.69) is 11.1 Å². The normalized spacial score (nSPS) is 11.4. The monoisotopic (exact) mass is 386 g/mol. The summed E-state index contributed by atoms with van der Waals surface area (Å²) in [5, 5.41) is 13.2. The first-order chi connectivity index (χ1) is 13.7. The van der Waals surface area contributed by atoms with E-state index in [1.54, 1.807) is 36.8 Å². The van der Waals surface area contributed by atoms with Crippen molar-refractivity contribution in [2.45, 2.75) is 0 Å². The Bertz CT molecular complexity index is 1280. The van der Waals surface area contributed by atoms with Crippen LogP contribution in [0.4, 0.5) is 0 Å². The van der Waals surface area contributed by atoms with E-state index in [1.807, 2.05) is 36.4 Å². The highest BCUT2D eigenvalue weighted by Crippen LogP contribution is 2.28. The number of nitrogens with zero attached hydrogens (tertiary/aromatic N) is 2. The summed E-state index contributed by atoms with van der Waals surface area (Å²) in [5.41, 5.74) is 1.42. The van der Waals surface area contributed by atoms with Crippen molar-refractivity contribution in [1.29, 1.82) is 5.26 Å². The minimum Gasteiger partial charge on any atom is -0.497 e. The maximum Gasteiger partial charge on any atom is 0.344 e. The molecule has 0 saturated heterocycles. The average Bonchev–Trinajstić information content (AvgIpc) is 3.22. The van der Waals surface area contributed by atoms with Gasteiger partial charge in [0.15, 0.2) is 5.76 Å². The lowest BCUT2D eigenvalue weighted by molar-refractivity contribution is 0.415. The summed E-state index contributed by atoms with van der Waals surface area (Å²) in [7, 11) is 1.60. The topological polar surface area (TPSA) is 76.1 Å². The van der Waals surface area contributed by atoms with Crippen molar-refractivity contribution in [3.05, 3.63) is 81.0 Å². The number of hydrogen-bond donors (Lipinski definition) is 0. The van der Waals surface area contributed by atoms with Crippen molar-refractivity contribution >= 4 is 33.8 Å². The Kier molecular flexibility index (Phi) is 4.75. The fraction of sp³-hybridized carbons (Fsp3) is 0.0455. The van der Waals surface area contributed by atoms with Crippen LogP contribution in [0.25, 0.3) is 33.9 Å². The number of rotatable bonds is 4. The van der Waals surface area contributed by atoms with Gasteiger partial charge in [-0.1, -0.05) is 30.3 Å². The Balaban J connectivity index is 1.70. The molecule has 136 valence electrons. The van der Waals surface area contributed by atoms with Crippen molar-refractivity contribution in [2.75, 3.05) is 7.11 Å². The number of allylic oxidation sites excluding steroid dienone is 1. The van der Waals surface area contributed by atoms with Gasteiger partial charge in [0.05, 0.1) is 18.1 Å². The highest BCUT2D eigenvalue weighted by molar-refractivity contribution is 7.11. The number of aromatic nitrogens is 1. The lowest BCUT2D eigenvalue weighted by Crippen LogP contribution is -2.00. The third-order valence-corrected chi connectivity index (χ3v) is 5.08. The molecule has 2 aromatic heterocycles. The Hall–Kier alpha value is -3.69. The second-order valence-electron chi connectivity index (χ2n) is 5.97. The van der Waals surface area contributed by atoms with Crippen molar-refractivity contribution in [3.8, 4) is 23.3 Å². The van der Waals surface area contributed by atoms with E-state index in [0.717, 1.165) is 16.7 Å². The molecule has 28 heavy (non-hydrogen) atoms. The van der Waals surface area contributed by atoms with Crippen molar-refractivity contribution in [3.63, 3.8) is 0 Å². The molecule has 0 aliphatic rings. The minimum absolute atomic E-state index is 0.382. The molecule has 0 amide bonds. The van der Waals surface area contributed by atoms with Crippen LogP contribution in [0.15, 0.2) is 69.2 Å². The molecule has 2 heterocycles. The molecule has 0 unspecified atom stereocenters. The quantitative estimate of drug-likeness (QED) is 0.462. The van der Waals surface area contributed by atoms with Crippen LogP contribution >= 0.6 is 11.3 Å². The first-order valence-electron chi connectivity index (χ1n) is 8.43. The van der Waals surface area contributed by atoms with Crippen LogP contribution in [-0.4, -0.2) is 12.1 Å². The molecular weight excluding hydrogens is 372 g/mol. The Morgan fingerprint density at radius 2 is 2.00 bits per heavy atom. The van der Waals surface area contributed by atoms with Gasteiger partial charge in [-0.3, -0.25) is 0 Å². The molecule has 0 saturated carbocycles. The molecule has 0 fully saturated rings. The van der Waals surface area contributed by atoms with Gasteiger partial charge in [-0.15, -0.1) is 11.3 Å². The zero-order valence-corrected chi connectivity index (χ0v) is 15.7. The summed E-state index contributed by atoms with van der Waals surface area (Å²) in [6, 6.07) is 18.6. The highest BCUT2D eigenvalue weighted by atomic mass is 32.1. The van der Waals surface area contributed by atoms with Crippen LogP contribution in [0.5, 0.6) is 5.75 Å². The van der Waals surface area contributed by atoms with E-state index in [9.17, 15) is 10.1 Å². The fourth-order valence-corrected chi connectivity index (χ4v) is 3.55. The first kappa shape index (κ1) is 17.7. The molecule has 0 N–H and O–H groups in total. The zero-order valence-electron chi connectivity index (χ0n) is 14.9. The lowest BCUT2D eigenvalue weighted by atomic mass is 10.1. The number of methoxy groups -OCH3 is 1. The third kappa shape index (κ3) is 3.43. The minimum atomic E-state index is -0.406. The Morgan fingerprint density at radius 3 is 2.75 bits per heavy atom. The summed E-state index contributed by atoms with van der Waals surface area (Å²) >= 11 is 1.33. The second-order valence-corrected chi connectivity index (χ2v) is 6.82. The van der Waals surface area contributed by atoms with Gasteiger partial charge >= 0.3 is 5.63 Å². The Morgan fingerprint density at radius 1 is 1.21 bits per heavy atom. The van der Waals surface area contributed by atoms with E-state index >= 15 is 0 Å². The molecular formula is C22H14N2O3S. The summed E-state index contributed by atoms with van der Waals surface area (Å²) in [6.45, 7) is 0. The van der Waals surface area contributed by atoms with Gasteiger partial charge in [0.1, 0.15) is 22.5 Å². The van der Waals surface area contributed by atoms with Crippen LogP contribution in [0.3, 0.4) is 0 Å². The van der Waals surface area contributed by atoms with Gasteiger partial charge < -0.3 is 9.15 Å². The standard InChI is InChI=1S/C22H14N2O3S/c1-26-17-8-6-14(7-9-17)10-16(12-23)21-24-19(13-28-21)20-11-15-4-2-3-5-18(15)22(25)27-20/h2-11,13H,1H3. The van der Waals surface area contributed by atoms with Gasteiger partial charge in [0, 0.05) is 5.38 Å². The molecule has 0 aliphatic carbocycles. The van der Waals surface area contributed by atoms with E-state index in [-0.39, 0.29) is 0 Å². The second kappa shape index (κ2) is 7.51. The molecule has 4 aromatic rings. The summed E-state index contributed by atoms with van der Waals surface area (Å²) in [5.74, 6) is 1.13. The molecule has 0 aliphatic heterocycles. The predicted octanol–water partition coefficient (Wildman–Crippen LogP) is 4.99. The maximum absolute atomic E-state index is 12.2. The largest absolute Gasteiger partial charge is 0.497 e.